The Kier molecular flexibility index (Phi) is 6.20. The first kappa shape index (κ1) is 23.7. The summed E-state index contributed by atoms with van der Waals surface area (Å²) in [5, 5.41) is 26.5. The Hall–Kier alpha value is -3.08. The van der Waals surface area contributed by atoms with Gasteiger partial charge in [0.25, 0.3) is 5.89 Å². The summed E-state index contributed by atoms with van der Waals surface area (Å²) in [5.74, 6) is 0.786. The summed E-state index contributed by atoms with van der Waals surface area (Å²) in [7, 11) is 0. The Morgan fingerprint density at radius 1 is 1.03 bits per heavy atom. The molecule has 0 aliphatic carbocycles. The lowest BCUT2D eigenvalue weighted by Gasteiger charge is -2.12. The van der Waals surface area contributed by atoms with Crippen LogP contribution in [-0.2, 0) is 12.0 Å². The summed E-state index contributed by atoms with van der Waals surface area (Å²) in [6.45, 7) is 6.27. The molecule has 0 unspecified atom stereocenters. The van der Waals surface area contributed by atoms with Crippen LogP contribution in [0.2, 0.25) is 10.0 Å². The largest absolute Gasteiger partial charge is 0.419 e. The molecule has 0 saturated carbocycles. The minimum absolute atomic E-state index is 0.263. The Bertz CT molecular complexity index is 1490. The number of rotatable bonds is 5. The molecule has 0 radical (unpaired) electrons. The number of hydrogen-bond acceptors (Lipinski definition) is 7. The Morgan fingerprint density at radius 2 is 1.80 bits per heavy atom. The average Bonchev–Trinajstić information content (AvgIpc) is 3.55. The second-order valence-electron chi connectivity index (χ2n) is 8.82. The molecule has 0 fully saturated rings. The van der Waals surface area contributed by atoms with Gasteiger partial charge >= 0.3 is 0 Å². The lowest BCUT2D eigenvalue weighted by Crippen LogP contribution is -2.11. The molecule has 0 spiro atoms. The van der Waals surface area contributed by atoms with Gasteiger partial charge in [-0.05, 0) is 35.5 Å². The van der Waals surface area contributed by atoms with Crippen molar-refractivity contribution in [1.29, 1.82) is 0 Å². The summed E-state index contributed by atoms with van der Waals surface area (Å²) >= 11 is 16.3. The standard InChI is InChI=1S/C23H19BrCl2N8O/c1-23(2,3)22-30-29-21(35-22)19-16(11-33-28-12-27-32-33)20(13-4-6-14(24)7-5-13)34(31-19)18-9-8-15(25)10-17(18)26/h4-10,12H,11H2,1-3H3. The topological polar surface area (TPSA) is 100 Å². The van der Waals surface area contributed by atoms with Crippen molar-refractivity contribution in [2.24, 2.45) is 0 Å². The van der Waals surface area contributed by atoms with Gasteiger partial charge in [-0.2, -0.15) is 9.90 Å². The van der Waals surface area contributed by atoms with Crippen LogP contribution in [0.1, 0.15) is 32.2 Å². The lowest BCUT2D eigenvalue weighted by atomic mass is 9.97. The average molecular weight is 574 g/mol. The second kappa shape index (κ2) is 9.18. The molecule has 0 aliphatic rings. The number of nitrogens with zero attached hydrogens (tertiary/aromatic N) is 8. The number of benzene rings is 2. The monoisotopic (exact) mass is 572 g/mol. The molecule has 12 heteroatoms. The molecule has 0 amide bonds. The number of hydrogen-bond donors (Lipinski definition) is 0. The zero-order valence-electron chi connectivity index (χ0n) is 18.9. The van der Waals surface area contributed by atoms with Gasteiger partial charge in [0.1, 0.15) is 0 Å². The fourth-order valence-corrected chi connectivity index (χ4v) is 4.28. The van der Waals surface area contributed by atoms with Crippen molar-refractivity contribution in [2.75, 3.05) is 0 Å². The predicted octanol–water partition coefficient (Wildman–Crippen LogP) is 5.99. The van der Waals surface area contributed by atoms with E-state index in [1.54, 1.807) is 16.8 Å². The first-order valence-electron chi connectivity index (χ1n) is 10.6. The van der Waals surface area contributed by atoms with Crippen LogP contribution in [0.4, 0.5) is 0 Å². The van der Waals surface area contributed by atoms with E-state index in [2.05, 4.69) is 41.5 Å². The smallest absolute Gasteiger partial charge is 0.268 e. The fraction of sp³-hybridized carbons (Fsp3) is 0.217. The zero-order chi connectivity index (χ0) is 24.7. The SMILES string of the molecule is CC(C)(C)c1nnc(-c2nn(-c3ccc(Cl)cc3Cl)c(-c3ccc(Br)cc3)c2Cn2ncnn2)o1. The van der Waals surface area contributed by atoms with E-state index in [4.69, 9.17) is 32.7 Å². The van der Waals surface area contributed by atoms with Crippen LogP contribution in [0.5, 0.6) is 0 Å². The van der Waals surface area contributed by atoms with Crippen LogP contribution in [0.25, 0.3) is 28.5 Å². The van der Waals surface area contributed by atoms with Gasteiger partial charge in [0, 0.05) is 26.0 Å². The van der Waals surface area contributed by atoms with Crippen LogP contribution in [-0.4, -0.2) is 40.2 Å². The minimum atomic E-state index is -0.324. The van der Waals surface area contributed by atoms with Gasteiger partial charge < -0.3 is 4.42 Å². The molecular weight excluding hydrogens is 555 g/mol. The maximum atomic E-state index is 6.62. The number of halogens is 3. The molecule has 0 N–H and O–H groups in total. The van der Waals surface area contributed by atoms with Crippen molar-refractivity contribution >= 4 is 39.1 Å². The van der Waals surface area contributed by atoms with E-state index < -0.39 is 0 Å². The highest BCUT2D eigenvalue weighted by molar-refractivity contribution is 9.10. The molecular formula is C23H19BrCl2N8O. The summed E-state index contributed by atoms with van der Waals surface area (Å²) in [5.41, 5.74) is 3.24. The normalized spacial score (nSPS) is 11.8. The maximum Gasteiger partial charge on any atom is 0.268 e. The van der Waals surface area contributed by atoms with Gasteiger partial charge in [0.15, 0.2) is 12.0 Å². The molecule has 5 aromatic rings. The molecule has 5 rings (SSSR count). The van der Waals surface area contributed by atoms with Crippen LogP contribution in [0.15, 0.2) is 57.7 Å². The molecule has 0 atom stereocenters. The quantitative estimate of drug-likeness (QED) is 0.254. The third-order valence-electron chi connectivity index (χ3n) is 5.20. The van der Waals surface area contributed by atoms with E-state index in [0.717, 1.165) is 21.3 Å². The lowest BCUT2D eigenvalue weighted by molar-refractivity contribution is 0.398. The summed E-state index contributed by atoms with van der Waals surface area (Å²) in [4.78, 5) is 1.47. The minimum Gasteiger partial charge on any atom is -0.419 e. The Morgan fingerprint density at radius 3 is 2.43 bits per heavy atom. The zero-order valence-corrected chi connectivity index (χ0v) is 22.0. The van der Waals surface area contributed by atoms with E-state index in [-0.39, 0.29) is 17.9 Å². The molecule has 178 valence electrons. The van der Waals surface area contributed by atoms with Gasteiger partial charge in [-0.1, -0.05) is 72.0 Å². The van der Waals surface area contributed by atoms with Gasteiger partial charge in [0.2, 0.25) is 5.89 Å². The Labute approximate surface area is 219 Å². The third-order valence-corrected chi connectivity index (χ3v) is 6.27. The first-order valence-corrected chi connectivity index (χ1v) is 12.1. The van der Waals surface area contributed by atoms with Crippen molar-refractivity contribution in [2.45, 2.75) is 32.7 Å². The number of tetrazole rings is 1. The van der Waals surface area contributed by atoms with Crippen molar-refractivity contribution in [1.82, 2.24) is 40.2 Å². The molecule has 0 aliphatic heterocycles. The van der Waals surface area contributed by atoms with Gasteiger partial charge in [-0.15, -0.1) is 20.4 Å². The van der Waals surface area contributed by atoms with E-state index in [1.165, 1.54) is 11.1 Å². The molecule has 3 heterocycles. The highest BCUT2D eigenvalue weighted by Crippen LogP contribution is 2.37. The Balaban J connectivity index is 1.81. The molecule has 35 heavy (non-hydrogen) atoms. The second-order valence-corrected chi connectivity index (χ2v) is 10.6. The molecule has 2 aromatic carbocycles. The summed E-state index contributed by atoms with van der Waals surface area (Å²) in [6.07, 6.45) is 1.38. The van der Waals surface area contributed by atoms with Crippen LogP contribution >= 0.6 is 39.1 Å². The van der Waals surface area contributed by atoms with Gasteiger partial charge in [-0.3, -0.25) is 0 Å². The molecule has 0 saturated heterocycles. The van der Waals surface area contributed by atoms with Crippen LogP contribution in [0.3, 0.4) is 0 Å². The molecule has 9 nitrogen and oxygen atoms in total. The maximum absolute atomic E-state index is 6.62. The summed E-state index contributed by atoms with van der Waals surface area (Å²) < 4.78 is 8.78. The summed E-state index contributed by atoms with van der Waals surface area (Å²) in [6, 6.07) is 13.1. The number of aromatic nitrogens is 8. The van der Waals surface area contributed by atoms with E-state index in [0.29, 0.717) is 27.3 Å². The third kappa shape index (κ3) is 4.73. The van der Waals surface area contributed by atoms with Crippen molar-refractivity contribution in [3.8, 4) is 28.5 Å². The van der Waals surface area contributed by atoms with Crippen molar-refractivity contribution in [3.05, 3.63) is 74.8 Å². The predicted molar refractivity (Wildman–Crippen MR) is 136 cm³/mol. The highest BCUT2D eigenvalue weighted by Gasteiger charge is 2.29. The molecule has 3 aromatic heterocycles. The fourth-order valence-electron chi connectivity index (χ4n) is 3.53. The highest BCUT2D eigenvalue weighted by atomic mass is 79.9. The molecule has 0 bridgehead atoms. The van der Waals surface area contributed by atoms with Crippen molar-refractivity contribution in [3.63, 3.8) is 0 Å². The van der Waals surface area contributed by atoms with E-state index in [9.17, 15) is 0 Å². The first-order chi connectivity index (χ1) is 16.7. The van der Waals surface area contributed by atoms with Crippen molar-refractivity contribution < 1.29 is 4.42 Å². The van der Waals surface area contributed by atoms with E-state index in [1.807, 2.05) is 51.1 Å². The van der Waals surface area contributed by atoms with Gasteiger partial charge in [0.05, 0.1) is 22.9 Å². The van der Waals surface area contributed by atoms with Crippen LogP contribution < -0.4 is 0 Å². The van der Waals surface area contributed by atoms with E-state index >= 15 is 0 Å². The van der Waals surface area contributed by atoms with Gasteiger partial charge in [-0.25, -0.2) is 4.68 Å². The van der Waals surface area contributed by atoms with Crippen LogP contribution in [0, 0.1) is 0 Å².